The summed E-state index contributed by atoms with van der Waals surface area (Å²) in [5, 5.41) is 0. The number of unbranched alkanes of at least 4 members (excludes halogenated alkanes) is 3. The summed E-state index contributed by atoms with van der Waals surface area (Å²) in [6.45, 7) is 15.1. The molecule has 120 valence electrons. The maximum atomic E-state index is 12.0. The van der Waals surface area contributed by atoms with E-state index in [1.165, 1.54) is 32.1 Å². The van der Waals surface area contributed by atoms with Gasteiger partial charge in [0, 0.05) is 19.5 Å². The molecule has 0 saturated heterocycles. The van der Waals surface area contributed by atoms with Gasteiger partial charge in [0.1, 0.15) is 0 Å². The van der Waals surface area contributed by atoms with Gasteiger partial charge in [-0.05, 0) is 17.8 Å². The summed E-state index contributed by atoms with van der Waals surface area (Å²) in [4.78, 5) is 14.1. The smallest absolute Gasteiger partial charge is 0.222 e. The molecule has 0 spiro atoms. The highest BCUT2D eigenvalue weighted by atomic mass is 16.2. The fourth-order valence-corrected chi connectivity index (χ4v) is 2.65. The minimum Gasteiger partial charge on any atom is -0.342 e. The lowest BCUT2D eigenvalue weighted by molar-refractivity contribution is -0.132. The van der Waals surface area contributed by atoms with Crippen LogP contribution in [0.25, 0.3) is 0 Å². The van der Waals surface area contributed by atoms with Crippen LogP contribution in [0.5, 0.6) is 0 Å². The summed E-state index contributed by atoms with van der Waals surface area (Å²) in [7, 11) is 0. The monoisotopic (exact) mass is 283 g/mol. The van der Waals surface area contributed by atoms with Crippen LogP contribution in [-0.4, -0.2) is 23.9 Å². The van der Waals surface area contributed by atoms with Crippen molar-refractivity contribution in [3.05, 3.63) is 0 Å². The van der Waals surface area contributed by atoms with Crippen LogP contribution in [0, 0.1) is 17.8 Å². The van der Waals surface area contributed by atoms with Crippen molar-refractivity contribution in [3.8, 4) is 0 Å². The summed E-state index contributed by atoms with van der Waals surface area (Å²) in [6.07, 6.45) is 7.29. The zero-order chi connectivity index (χ0) is 15.5. The van der Waals surface area contributed by atoms with Crippen molar-refractivity contribution in [3.63, 3.8) is 0 Å². The molecule has 0 aliphatic carbocycles. The Kier molecular flexibility index (Phi) is 10.9. The predicted octanol–water partition coefficient (Wildman–Crippen LogP) is 5.12. The number of carbonyl (C=O) groups is 1. The third-order valence-corrected chi connectivity index (χ3v) is 4.23. The molecule has 0 fully saturated rings. The fraction of sp³-hybridized carbons (Fsp3) is 0.944. The molecule has 20 heavy (non-hydrogen) atoms. The van der Waals surface area contributed by atoms with Crippen molar-refractivity contribution in [1.29, 1.82) is 0 Å². The van der Waals surface area contributed by atoms with Gasteiger partial charge in [0.2, 0.25) is 5.91 Å². The van der Waals surface area contributed by atoms with Gasteiger partial charge < -0.3 is 4.90 Å². The number of rotatable bonds is 11. The average Bonchev–Trinajstić information content (AvgIpc) is 2.41. The van der Waals surface area contributed by atoms with Crippen LogP contribution >= 0.6 is 0 Å². The third kappa shape index (κ3) is 8.60. The van der Waals surface area contributed by atoms with Crippen LogP contribution in [-0.2, 0) is 4.79 Å². The molecule has 2 heteroatoms. The molecule has 0 saturated carbocycles. The number of hydrogen-bond donors (Lipinski definition) is 0. The van der Waals surface area contributed by atoms with Gasteiger partial charge in [-0.25, -0.2) is 0 Å². The SMILES string of the molecule is CCCCCCC(C)C(C)CN(CC(C)C)C(=O)CC. The molecule has 0 aliphatic heterocycles. The highest BCUT2D eigenvalue weighted by Crippen LogP contribution is 2.20. The standard InChI is InChI=1S/C18H37NO/c1-7-9-10-11-12-16(5)17(6)14-19(13-15(3)4)18(20)8-2/h15-17H,7-14H2,1-6H3. The minimum absolute atomic E-state index is 0.309. The topological polar surface area (TPSA) is 20.3 Å². The lowest BCUT2D eigenvalue weighted by atomic mass is 9.90. The maximum absolute atomic E-state index is 12.0. The average molecular weight is 284 g/mol. The molecular formula is C18H37NO. The van der Waals surface area contributed by atoms with Crippen LogP contribution in [0.3, 0.4) is 0 Å². The summed E-state index contributed by atoms with van der Waals surface area (Å²) in [6, 6.07) is 0. The Morgan fingerprint density at radius 1 is 0.900 bits per heavy atom. The molecule has 2 nitrogen and oxygen atoms in total. The Bertz CT molecular complexity index is 250. The highest BCUT2D eigenvalue weighted by molar-refractivity contribution is 5.75. The summed E-state index contributed by atoms with van der Waals surface area (Å²) >= 11 is 0. The Labute approximate surface area is 127 Å². The van der Waals surface area contributed by atoms with E-state index in [0.29, 0.717) is 30.1 Å². The van der Waals surface area contributed by atoms with E-state index in [0.717, 1.165) is 13.1 Å². The van der Waals surface area contributed by atoms with Crippen molar-refractivity contribution < 1.29 is 4.79 Å². The number of carbonyl (C=O) groups excluding carboxylic acids is 1. The molecule has 0 aliphatic rings. The first-order valence-electron chi connectivity index (χ1n) is 8.70. The van der Waals surface area contributed by atoms with E-state index in [1.807, 2.05) is 6.92 Å². The van der Waals surface area contributed by atoms with Crippen LogP contribution in [0.2, 0.25) is 0 Å². The number of hydrogen-bond acceptors (Lipinski definition) is 1. The van der Waals surface area contributed by atoms with E-state index in [2.05, 4.69) is 39.5 Å². The Morgan fingerprint density at radius 3 is 2.05 bits per heavy atom. The van der Waals surface area contributed by atoms with Gasteiger partial charge in [0.05, 0.1) is 0 Å². The molecule has 0 heterocycles. The van der Waals surface area contributed by atoms with Crippen molar-refractivity contribution >= 4 is 5.91 Å². The largest absolute Gasteiger partial charge is 0.342 e. The summed E-state index contributed by atoms with van der Waals surface area (Å²) in [5.74, 6) is 2.18. The van der Waals surface area contributed by atoms with E-state index in [4.69, 9.17) is 0 Å². The second-order valence-corrected chi connectivity index (χ2v) is 6.85. The third-order valence-electron chi connectivity index (χ3n) is 4.23. The predicted molar refractivity (Wildman–Crippen MR) is 88.8 cm³/mol. The first-order valence-corrected chi connectivity index (χ1v) is 8.70. The first-order chi connectivity index (χ1) is 9.42. The maximum Gasteiger partial charge on any atom is 0.222 e. The van der Waals surface area contributed by atoms with Gasteiger partial charge in [-0.3, -0.25) is 4.79 Å². The lowest BCUT2D eigenvalue weighted by Crippen LogP contribution is -2.38. The zero-order valence-corrected chi connectivity index (χ0v) is 14.7. The van der Waals surface area contributed by atoms with Crippen molar-refractivity contribution in [2.24, 2.45) is 17.8 Å². The van der Waals surface area contributed by atoms with Crippen LogP contribution < -0.4 is 0 Å². The molecule has 0 aromatic heterocycles. The Morgan fingerprint density at radius 2 is 1.55 bits per heavy atom. The summed E-state index contributed by atoms with van der Waals surface area (Å²) < 4.78 is 0. The van der Waals surface area contributed by atoms with E-state index >= 15 is 0 Å². The van der Waals surface area contributed by atoms with Crippen LogP contribution in [0.1, 0.15) is 80.1 Å². The number of nitrogens with zero attached hydrogens (tertiary/aromatic N) is 1. The number of amides is 1. The first kappa shape index (κ1) is 19.5. The molecule has 0 radical (unpaired) electrons. The van der Waals surface area contributed by atoms with Gasteiger partial charge in [-0.2, -0.15) is 0 Å². The van der Waals surface area contributed by atoms with E-state index < -0.39 is 0 Å². The molecule has 0 rings (SSSR count). The van der Waals surface area contributed by atoms with Crippen LogP contribution in [0.15, 0.2) is 0 Å². The molecule has 1 amide bonds. The molecule has 0 bridgehead atoms. The zero-order valence-electron chi connectivity index (χ0n) is 14.7. The normalized spacial score (nSPS) is 14.3. The van der Waals surface area contributed by atoms with Gasteiger partial charge in [0.25, 0.3) is 0 Å². The van der Waals surface area contributed by atoms with Crippen LogP contribution in [0.4, 0.5) is 0 Å². The highest BCUT2D eigenvalue weighted by Gasteiger charge is 2.19. The Hall–Kier alpha value is -0.530. The molecule has 0 aromatic rings. The van der Waals surface area contributed by atoms with Gasteiger partial charge in [-0.15, -0.1) is 0 Å². The van der Waals surface area contributed by atoms with Crippen molar-refractivity contribution in [2.75, 3.05) is 13.1 Å². The molecular weight excluding hydrogens is 246 g/mol. The minimum atomic E-state index is 0.309. The van der Waals surface area contributed by atoms with Crippen molar-refractivity contribution in [1.82, 2.24) is 4.90 Å². The van der Waals surface area contributed by atoms with Gasteiger partial charge in [0.15, 0.2) is 0 Å². The molecule has 2 unspecified atom stereocenters. The second kappa shape index (κ2) is 11.2. The molecule has 0 aromatic carbocycles. The molecule has 2 atom stereocenters. The quantitative estimate of drug-likeness (QED) is 0.482. The van der Waals surface area contributed by atoms with Gasteiger partial charge >= 0.3 is 0 Å². The summed E-state index contributed by atoms with van der Waals surface area (Å²) in [5.41, 5.74) is 0. The van der Waals surface area contributed by atoms with E-state index in [-0.39, 0.29) is 0 Å². The van der Waals surface area contributed by atoms with E-state index in [1.54, 1.807) is 0 Å². The fourth-order valence-electron chi connectivity index (χ4n) is 2.65. The molecule has 0 N–H and O–H groups in total. The second-order valence-electron chi connectivity index (χ2n) is 6.85. The van der Waals surface area contributed by atoms with Crippen molar-refractivity contribution in [2.45, 2.75) is 80.1 Å². The Balaban J connectivity index is 4.21. The lowest BCUT2D eigenvalue weighted by Gasteiger charge is -2.30. The van der Waals surface area contributed by atoms with E-state index in [9.17, 15) is 4.79 Å². The van der Waals surface area contributed by atoms with Gasteiger partial charge in [-0.1, -0.05) is 73.6 Å².